The van der Waals surface area contributed by atoms with Crippen LogP contribution in [0.3, 0.4) is 0 Å². The van der Waals surface area contributed by atoms with Crippen LogP contribution in [-0.2, 0) is 11.3 Å². The van der Waals surface area contributed by atoms with Crippen molar-refractivity contribution in [1.82, 2.24) is 5.32 Å². The lowest BCUT2D eigenvalue weighted by molar-refractivity contribution is 0.122. The molecule has 0 radical (unpaired) electrons. The highest BCUT2D eigenvalue weighted by Gasteiger charge is 2.25. The molecule has 1 saturated heterocycles. The molecule has 14 heavy (non-hydrogen) atoms. The van der Waals surface area contributed by atoms with Crippen LogP contribution in [0.1, 0.15) is 5.56 Å². The Hall–Kier alpha value is -0.130. The predicted molar refractivity (Wildman–Crippen MR) is 56.8 cm³/mol. The molecule has 0 saturated carbocycles. The van der Waals surface area contributed by atoms with Crippen LogP contribution in [-0.4, -0.2) is 30.5 Å². The number of rotatable bonds is 3. The molecule has 1 aromatic rings. The second-order valence-corrected chi connectivity index (χ2v) is 4.83. The fraction of sp³-hybridized carbons (Fsp3) is 0.556. The fourth-order valence-electron chi connectivity index (χ4n) is 1.42. The van der Waals surface area contributed by atoms with E-state index in [9.17, 15) is 5.11 Å². The van der Waals surface area contributed by atoms with Crippen LogP contribution in [0.5, 0.6) is 0 Å². The summed E-state index contributed by atoms with van der Waals surface area (Å²) in [4.78, 5) is 0. The largest absolute Gasteiger partial charge is 0.389 e. The van der Waals surface area contributed by atoms with Gasteiger partial charge in [0.15, 0.2) is 0 Å². The Morgan fingerprint density at radius 2 is 2.50 bits per heavy atom. The van der Waals surface area contributed by atoms with Crippen molar-refractivity contribution in [3.05, 3.63) is 21.3 Å². The van der Waals surface area contributed by atoms with Crippen molar-refractivity contribution in [2.24, 2.45) is 0 Å². The van der Waals surface area contributed by atoms with Crippen LogP contribution in [0.25, 0.3) is 0 Å². The number of hydrogen-bond donors (Lipinski definition) is 2. The van der Waals surface area contributed by atoms with Crippen molar-refractivity contribution in [1.29, 1.82) is 0 Å². The van der Waals surface area contributed by atoms with E-state index in [1.807, 2.05) is 11.4 Å². The zero-order valence-electron chi connectivity index (χ0n) is 7.57. The van der Waals surface area contributed by atoms with Crippen molar-refractivity contribution >= 4 is 22.9 Å². The van der Waals surface area contributed by atoms with E-state index in [4.69, 9.17) is 16.3 Å². The first-order chi connectivity index (χ1) is 6.77. The predicted octanol–water partition coefficient (Wildman–Crippen LogP) is 1.25. The highest BCUT2D eigenvalue weighted by molar-refractivity contribution is 7.14. The summed E-state index contributed by atoms with van der Waals surface area (Å²) < 4.78 is 5.94. The first-order valence-corrected chi connectivity index (χ1v) is 5.74. The molecule has 2 N–H and O–H groups in total. The van der Waals surface area contributed by atoms with Gasteiger partial charge in [0.05, 0.1) is 29.7 Å². The Balaban J connectivity index is 1.85. The Labute approximate surface area is 91.7 Å². The number of halogens is 1. The highest BCUT2D eigenvalue weighted by atomic mass is 35.5. The van der Waals surface area contributed by atoms with E-state index in [-0.39, 0.29) is 6.04 Å². The van der Waals surface area contributed by atoms with Crippen molar-refractivity contribution in [2.45, 2.75) is 18.7 Å². The Morgan fingerprint density at radius 1 is 1.64 bits per heavy atom. The van der Waals surface area contributed by atoms with Crippen molar-refractivity contribution in [3.63, 3.8) is 0 Å². The standard InChI is InChI=1S/C9H12ClNO2S/c10-9-6(1-2-14-9)3-11-7-4-13-5-8(7)12/h1-2,7-8,11-12H,3-5H2. The smallest absolute Gasteiger partial charge is 0.0973 e. The Kier molecular flexibility index (Phi) is 3.41. The van der Waals surface area contributed by atoms with E-state index in [0.717, 1.165) is 9.90 Å². The van der Waals surface area contributed by atoms with Gasteiger partial charge >= 0.3 is 0 Å². The van der Waals surface area contributed by atoms with Gasteiger partial charge in [0.25, 0.3) is 0 Å². The molecule has 78 valence electrons. The third-order valence-corrected chi connectivity index (χ3v) is 3.55. The minimum atomic E-state index is -0.396. The molecule has 0 aliphatic carbocycles. The summed E-state index contributed by atoms with van der Waals surface area (Å²) in [6.07, 6.45) is -0.396. The maximum absolute atomic E-state index is 9.47. The number of aliphatic hydroxyl groups excluding tert-OH is 1. The fourth-order valence-corrected chi connectivity index (χ4v) is 2.35. The van der Waals surface area contributed by atoms with Gasteiger partial charge in [0, 0.05) is 6.54 Å². The van der Waals surface area contributed by atoms with Crippen molar-refractivity contribution in [2.75, 3.05) is 13.2 Å². The number of ether oxygens (including phenoxy) is 1. The molecule has 0 aromatic carbocycles. The van der Waals surface area contributed by atoms with Gasteiger partial charge in [-0.25, -0.2) is 0 Å². The zero-order valence-corrected chi connectivity index (χ0v) is 9.14. The molecule has 2 atom stereocenters. The van der Waals surface area contributed by atoms with Crippen LogP contribution in [0, 0.1) is 0 Å². The van der Waals surface area contributed by atoms with E-state index >= 15 is 0 Å². The van der Waals surface area contributed by atoms with Gasteiger partial charge in [-0.3, -0.25) is 0 Å². The number of aliphatic hydroxyl groups is 1. The Bertz CT molecular complexity index is 305. The summed E-state index contributed by atoms with van der Waals surface area (Å²) in [5, 5.41) is 14.7. The lowest BCUT2D eigenvalue weighted by Gasteiger charge is -2.13. The maximum Gasteiger partial charge on any atom is 0.0973 e. The van der Waals surface area contributed by atoms with E-state index in [2.05, 4.69) is 5.32 Å². The van der Waals surface area contributed by atoms with Gasteiger partial charge in [-0.1, -0.05) is 11.6 Å². The van der Waals surface area contributed by atoms with Crippen LogP contribution in [0.2, 0.25) is 4.34 Å². The molecule has 0 bridgehead atoms. The molecule has 0 spiro atoms. The molecular formula is C9H12ClNO2S. The van der Waals surface area contributed by atoms with Crippen molar-refractivity contribution < 1.29 is 9.84 Å². The van der Waals surface area contributed by atoms with E-state index in [0.29, 0.717) is 19.8 Å². The molecule has 2 rings (SSSR count). The minimum absolute atomic E-state index is 0.0333. The average molecular weight is 234 g/mol. The Morgan fingerprint density at radius 3 is 3.07 bits per heavy atom. The summed E-state index contributed by atoms with van der Waals surface area (Å²) in [6, 6.07) is 2.02. The van der Waals surface area contributed by atoms with Gasteiger partial charge < -0.3 is 15.2 Å². The third-order valence-electron chi connectivity index (χ3n) is 2.30. The maximum atomic E-state index is 9.47. The highest BCUT2D eigenvalue weighted by Crippen LogP contribution is 2.22. The number of thiophene rings is 1. The second-order valence-electron chi connectivity index (χ2n) is 3.31. The molecule has 3 nitrogen and oxygen atoms in total. The van der Waals surface area contributed by atoms with Gasteiger partial charge in [0.1, 0.15) is 0 Å². The van der Waals surface area contributed by atoms with E-state index in [1.165, 1.54) is 11.3 Å². The van der Waals surface area contributed by atoms with E-state index in [1.54, 1.807) is 0 Å². The minimum Gasteiger partial charge on any atom is -0.389 e. The summed E-state index contributed by atoms with van der Waals surface area (Å²) in [7, 11) is 0. The molecular weight excluding hydrogens is 222 g/mol. The summed E-state index contributed by atoms with van der Waals surface area (Å²) in [5.74, 6) is 0. The zero-order chi connectivity index (χ0) is 9.97. The molecule has 1 aliphatic heterocycles. The SMILES string of the molecule is OC1COCC1NCc1ccsc1Cl. The monoisotopic (exact) mass is 233 g/mol. The average Bonchev–Trinajstić information content (AvgIpc) is 2.72. The number of hydrogen-bond acceptors (Lipinski definition) is 4. The molecule has 1 fully saturated rings. The first-order valence-electron chi connectivity index (χ1n) is 4.48. The van der Waals surface area contributed by atoms with Crippen LogP contribution >= 0.6 is 22.9 Å². The lowest BCUT2D eigenvalue weighted by Crippen LogP contribution is -2.38. The lowest BCUT2D eigenvalue weighted by atomic mass is 10.2. The second kappa shape index (κ2) is 4.59. The van der Waals surface area contributed by atoms with Crippen LogP contribution in [0.4, 0.5) is 0 Å². The van der Waals surface area contributed by atoms with Crippen LogP contribution < -0.4 is 5.32 Å². The molecule has 1 aromatic heterocycles. The molecule has 5 heteroatoms. The van der Waals surface area contributed by atoms with Gasteiger partial charge in [-0.2, -0.15) is 0 Å². The summed E-state index contributed by atoms with van der Waals surface area (Å²) >= 11 is 7.47. The molecule has 2 unspecified atom stereocenters. The normalized spacial score (nSPS) is 27.0. The van der Waals surface area contributed by atoms with Gasteiger partial charge in [0.2, 0.25) is 0 Å². The van der Waals surface area contributed by atoms with Crippen LogP contribution in [0.15, 0.2) is 11.4 Å². The van der Waals surface area contributed by atoms with E-state index < -0.39 is 6.10 Å². The third kappa shape index (κ3) is 2.27. The molecule has 0 amide bonds. The summed E-state index contributed by atoms with van der Waals surface area (Å²) in [6.45, 7) is 1.69. The molecule has 1 aliphatic rings. The quantitative estimate of drug-likeness (QED) is 0.826. The van der Waals surface area contributed by atoms with Crippen molar-refractivity contribution in [3.8, 4) is 0 Å². The van der Waals surface area contributed by atoms with Gasteiger partial charge in [-0.15, -0.1) is 11.3 Å². The molecule has 2 heterocycles. The number of nitrogens with one attached hydrogen (secondary N) is 1. The topological polar surface area (TPSA) is 41.5 Å². The van der Waals surface area contributed by atoms with Gasteiger partial charge in [-0.05, 0) is 17.0 Å². The first kappa shape index (κ1) is 10.4. The summed E-state index contributed by atoms with van der Waals surface area (Å²) in [5.41, 5.74) is 1.08.